The quantitative estimate of drug-likeness (QED) is 0.394. The Morgan fingerprint density at radius 3 is 2.60 bits per heavy atom. The highest BCUT2D eigenvalue weighted by atomic mass is 35.5. The van der Waals surface area contributed by atoms with E-state index in [4.69, 9.17) is 21.1 Å². The van der Waals surface area contributed by atoms with Crippen LogP contribution in [0.3, 0.4) is 0 Å². The summed E-state index contributed by atoms with van der Waals surface area (Å²) >= 11 is 5.83. The Balaban J connectivity index is 1.72. The van der Waals surface area contributed by atoms with Crippen LogP contribution in [0.5, 0.6) is 5.75 Å². The van der Waals surface area contributed by atoms with Crippen LogP contribution < -0.4 is 4.74 Å². The number of carbonyl (C=O) groups excluding carboxylic acids is 2. The molecule has 3 rings (SSSR count). The van der Waals surface area contributed by atoms with Crippen LogP contribution in [-0.2, 0) is 4.74 Å². The number of rotatable bonds is 5. The third-order valence-electron chi connectivity index (χ3n) is 3.68. The number of nitrogens with zero attached hydrogens (tertiary/aromatic N) is 1. The zero-order valence-corrected chi connectivity index (χ0v) is 14.1. The minimum absolute atomic E-state index is 0.0413. The number of pyridine rings is 1. The van der Waals surface area contributed by atoms with Crippen molar-refractivity contribution >= 4 is 34.1 Å². The van der Waals surface area contributed by atoms with Gasteiger partial charge >= 0.3 is 5.97 Å². The summed E-state index contributed by atoms with van der Waals surface area (Å²) in [6.07, 6.45) is 1.47. The third kappa shape index (κ3) is 3.78. The lowest BCUT2D eigenvalue weighted by molar-refractivity contribution is 0.0474. The highest BCUT2D eigenvalue weighted by molar-refractivity contribution is 6.32. The number of Topliss-reactive ketones (excluding diaryl/α,β-unsaturated/α-hetero) is 1. The van der Waals surface area contributed by atoms with E-state index in [-0.39, 0.29) is 23.1 Å². The molecule has 2 aromatic carbocycles. The number of benzene rings is 2. The molecular formula is C19H14ClNO4. The summed E-state index contributed by atoms with van der Waals surface area (Å²) in [4.78, 5) is 28.1. The molecule has 5 nitrogen and oxygen atoms in total. The molecule has 0 aliphatic rings. The Morgan fingerprint density at radius 1 is 1.08 bits per heavy atom. The van der Waals surface area contributed by atoms with E-state index in [0.717, 1.165) is 16.5 Å². The number of esters is 1. The van der Waals surface area contributed by atoms with Crippen LogP contribution in [0.1, 0.15) is 20.7 Å². The fourth-order valence-corrected chi connectivity index (χ4v) is 2.55. The van der Waals surface area contributed by atoms with E-state index in [1.165, 1.54) is 12.3 Å². The number of aromatic nitrogens is 1. The van der Waals surface area contributed by atoms with Gasteiger partial charge in [0.05, 0.1) is 12.7 Å². The first-order chi connectivity index (χ1) is 12.1. The average molecular weight is 356 g/mol. The SMILES string of the molecule is COc1ccc2cc(C(=O)COC(=O)c3cccnc3Cl)ccc2c1. The number of ketones is 1. The molecule has 0 aliphatic heterocycles. The number of hydrogen-bond donors (Lipinski definition) is 0. The molecule has 0 bridgehead atoms. The first kappa shape index (κ1) is 16.9. The lowest BCUT2D eigenvalue weighted by Crippen LogP contribution is -2.14. The first-order valence-electron chi connectivity index (χ1n) is 7.47. The summed E-state index contributed by atoms with van der Waals surface area (Å²) in [6.45, 7) is -0.369. The lowest BCUT2D eigenvalue weighted by Gasteiger charge is -2.07. The summed E-state index contributed by atoms with van der Waals surface area (Å²) in [7, 11) is 1.60. The van der Waals surface area contributed by atoms with Crippen molar-refractivity contribution in [3.63, 3.8) is 0 Å². The van der Waals surface area contributed by atoms with E-state index in [1.807, 2.05) is 24.3 Å². The minimum Gasteiger partial charge on any atom is -0.497 e. The highest BCUT2D eigenvalue weighted by Crippen LogP contribution is 2.22. The van der Waals surface area contributed by atoms with Crippen LogP contribution in [0.4, 0.5) is 0 Å². The van der Waals surface area contributed by atoms with E-state index in [2.05, 4.69) is 4.98 Å². The van der Waals surface area contributed by atoms with Gasteiger partial charge in [-0.1, -0.05) is 29.8 Å². The molecular weight excluding hydrogens is 342 g/mol. The van der Waals surface area contributed by atoms with Gasteiger partial charge in [-0.3, -0.25) is 4.79 Å². The van der Waals surface area contributed by atoms with E-state index in [9.17, 15) is 9.59 Å². The van der Waals surface area contributed by atoms with Crippen molar-refractivity contribution in [2.45, 2.75) is 0 Å². The van der Waals surface area contributed by atoms with Crippen molar-refractivity contribution < 1.29 is 19.1 Å². The fraction of sp³-hybridized carbons (Fsp3) is 0.105. The number of methoxy groups -OCH3 is 1. The normalized spacial score (nSPS) is 10.5. The first-order valence-corrected chi connectivity index (χ1v) is 7.85. The minimum atomic E-state index is -0.683. The lowest BCUT2D eigenvalue weighted by atomic mass is 10.0. The number of hydrogen-bond acceptors (Lipinski definition) is 5. The van der Waals surface area contributed by atoms with Gasteiger partial charge in [-0.05, 0) is 41.1 Å². The molecule has 25 heavy (non-hydrogen) atoms. The molecule has 0 atom stereocenters. The van der Waals surface area contributed by atoms with Crippen LogP contribution in [0.25, 0.3) is 10.8 Å². The van der Waals surface area contributed by atoms with Crippen LogP contribution in [0.15, 0.2) is 54.7 Å². The fourth-order valence-electron chi connectivity index (χ4n) is 2.35. The largest absolute Gasteiger partial charge is 0.497 e. The van der Waals surface area contributed by atoms with E-state index >= 15 is 0 Å². The maximum atomic E-state index is 12.3. The van der Waals surface area contributed by atoms with Crippen molar-refractivity contribution in [3.8, 4) is 5.75 Å². The second kappa shape index (κ2) is 7.32. The zero-order valence-electron chi connectivity index (χ0n) is 13.4. The Morgan fingerprint density at radius 2 is 1.84 bits per heavy atom. The molecule has 0 fully saturated rings. The predicted octanol–water partition coefficient (Wildman–Crippen LogP) is 3.94. The molecule has 3 aromatic rings. The third-order valence-corrected chi connectivity index (χ3v) is 3.98. The van der Waals surface area contributed by atoms with Gasteiger partial charge in [0.2, 0.25) is 0 Å². The highest BCUT2D eigenvalue weighted by Gasteiger charge is 2.15. The van der Waals surface area contributed by atoms with Gasteiger partial charge in [-0.25, -0.2) is 9.78 Å². The van der Waals surface area contributed by atoms with E-state index in [0.29, 0.717) is 5.56 Å². The second-order valence-electron chi connectivity index (χ2n) is 5.27. The van der Waals surface area contributed by atoms with Crippen LogP contribution in [0.2, 0.25) is 5.15 Å². The van der Waals surface area contributed by atoms with Crippen molar-refractivity contribution in [2.75, 3.05) is 13.7 Å². The number of fused-ring (bicyclic) bond motifs is 1. The number of halogens is 1. The summed E-state index contributed by atoms with van der Waals surface area (Å²) in [5.74, 6) is -0.239. The Labute approximate surface area is 149 Å². The standard InChI is InChI=1S/C19H14ClNO4/c1-24-15-7-6-12-9-14(5-4-13(12)10-15)17(22)11-25-19(23)16-3-2-8-21-18(16)20/h2-10H,11H2,1H3. The summed E-state index contributed by atoms with van der Waals surface area (Å²) in [6, 6.07) is 13.9. The second-order valence-corrected chi connectivity index (χ2v) is 5.63. The topological polar surface area (TPSA) is 65.5 Å². The van der Waals surface area contributed by atoms with Crippen LogP contribution in [0, 0.1) is 0 Å². The average Bonchev–Trinajstić information content (AvgIpc) is 2.65. The molecule has 0 unspecified atom stereocenters. The van der Waals surface area contributed by atoms with Gasteiger partial charge in [0.1, 0.15) is 10.9 Å². The van der Waals surface area contributed by atoms with E-state index < -0.39 is 5.97 Å². The molecule has 0 spiro atoms. The van der Waals surface area contributed by atoms with Gasteiger partial charge in [0.15, 0.2) is 12.4 Å². The summed E-state index contributed by atoms with van der Waals surface area (Å²) in [5.41, 5.74) is 0.588. The number of carbonyl (C=O) groups is 2. The Bertz CT molecular complexity index is 955. The smallest absolute Gasteiger partial charge is 0.341 e. The van der Waals surface area contributed by atoms with Crippen molar-refractivity contribution in [1.29, 1.82) is 0 Å². The van der Waals surface area contributed by atoms with E-state index in [1.54, 1.807) is 25.3 Å². The van der Waals surface area contributed by atoms with Gasteiger partial charge < -0.3 is 9.47 Å². The Kier molecular flexibility index (Phi) is 4.95. The zero-order chi connectivity index (χ0) is 17.8. The summed E-state index contributed by atoms with van der Waals surface area (Å²) in [5, 5.41) is 1.89. The molecule has 0 saturated heterocycles. The van der Waals surface area contributed by atoms with Crippen molar-refractivity contribution in [2.24, 2.45) is 0 Å². The number of ether oxygens (including phenoxy) is 2. The van der Waals surface area contributed by atoms with Gasteiger partial charge in [-0.2, -0.15) is 0 Å². The molecule has 0 N–H and O–H groups in total. The summed E-state index contributed by atoms with van der Waals surface area (Å²) < 4.78 is 10.2. The molecule has 126 valence electrons. The predicted molar refractivity (Wildman–Crippen MR) is 94.4 cm³/mol. The molecule has 1 aromatic heterocycles. The van der Waals surface area contributed by atoms with Crippen molar-refractivity contribution in [3.05, 3.63) is 71.0 Å². The van der Waals surface area contributed by atoms with Gasteiger partial charge in [0, 0.05) is 11.8 Å². The van der Waals surface area contributed by atoms with Crippen molar-refractivity contribution in [1.82, 2.24) is 4.98 Å². The maximum Gasteiger partial charge on any atom is 0.341 e. The molecule has 0 radical (unpaired) electrons. The molecule has 6 heteroatoms. The maximum absolute atomic E-state index is 12.3. The molecule has 0 amide bonds. The van der Waals surface area contributed by atoms with Crippen LogP contribution in [-0.4, -0.2) is 30.5 Å². The van der Waals surface area contributed by atoms with Gasteiger partial charge in [-0.15, -0.1) is 0 Å². The molecule has 0 saturated carbocycles. The molecule has 0 aliphatic carbocycles. The molecule has 1 heterocycles. The van der Waals surface area contributed by atoms with Gasteiger partial charge in [0.25, 0.3) is 0 Å². The Hall–Kier alpha value is -2.92. The monoisotopic (exact) mass is 355 g/mol. The van der Waals surface area contributed by atoms with Crippen LogP contribution >= 0.6 is 11.6 Å².